The maximum atomic E-state index is 13.8. The van der Waals surface area contributed by atoms with Gasteiger partial charge in [-0.3, -0.25) is 14.2 Å². The van der Waals surface area contributed by atoms with Crippen molar-refractivity contribution in [2.75, 3.05) is 36.9 Å². The zero-order chi connectivity index (χ0) is 32.7. The van der Waals surface area contributed by atoms with Crippen LogP contribution in [0.3, 0.4) is 0 Å². The molecule has 246 valence electrons. The fourth-order valence-electron chi connectivity index (χ4n) is 7.63. The van der Waals surface area contributed by atoms with Gasteiger partial charge < -0.3 is 26.0 Å². The highest BCUT2D eigenvalue weighted by molar-refractivity contribution is 6.35. The van der Waals surface area contributed by atoms with Crippen molar-refractivity contribution in [2.45, 2.75) is 65.6 Å². The van der Waals surface area contributed by atoms with Gasteiger partial charge in [0.05, 0.1) is 30.1 Å². The number of fused-ring (bicyclic) bond motifs is 3. The molecule has 2 aromatic carbocycles. The average molecular weight is 669 g/mol. The molecule has 5 atom stereocenters. The van der Waals surface area contributed by atoms with E-state index >= 15 is 0 Å². The van der Waals surface area contributed by atoms with E-state index in [4.69, 9.17) is 33.2 Å². The SMILES string of the molecule is C[C@@H]1C(/N=C(/Nc2ccc3c(=O)n(CCc4ccc(Cl)cc4Cl)c(NCCO)nc3c2)N2CC(=O)N[C@@H](C)C2)C[C@@H]2C[C@H]1C2(C)C. The Morgan fingerprint density at radius 1 is 1.15 bits per heavy atom. The van der Waals surface area contributed by atoms with Gasteiger partial charge in [-0.15, -0.1) is 0 Å². The van der Waals surface area contributed by atoms with Crippen molar-refractivity contribution in [1.82, 2.24) is 19.8 Å². The number of carbonyl (C=O) groups excluding carboxylic acids is 1. The Bertz CT molecular complexity index is 1720. The minimum atomic E-state index is -0.199. The fourth-order valence-corrected chi connectivity index (χ4v) is 8.14. The molecule has 1 saturated heterocycles. The number of aromatic nitrogens is 2. The lowest BCUT2D eigenvalue weighted by Gasteiger charge is -2.61. The molecule has 0 radical (unpaired) electrons. The van der Waals surface area contributed by atoms with Crippen molar-refractivity contribution in [3.8, 4) is 0 Å². The Kier molecular flexibility index (Phi) is 9.24. The summed E-state index contributed by atoms with van der Waals surface area (Å²) in [6.45, 7) is 10.4. The third-order valence-electron chi connectivity index (χ3n) is 10.4. The summed E-state index contributed by atoms with van der Waals surface area (Å²) >= 11 is 12.5. The molecule has 4 fully saturated rings. The molecule has 1 aliphatic heterocycles. The maximum absolute atomic E-state index is 13.8. The molecule has 1 amide bonds. The van der Waals surface area contributed by atoms with E-state index in [0.717, 1.165) is 17.7 Å². The van der Waals surface area contributed by atoms with Gasteiger partial charge in [0.25, 0.3) is 5.56 Å². The van der Waals surface area contributed by atoms with Gasteiger partial charge in [-0.1, -0.05) is 50.0 Å². The summed E-state index contributed by atoms with van der Waals surface area (Å²) in [4.78, 5) is 38.5. The van der Waals surface area contributed by atoms with Crippen molar-refractivity contribution >= 4 is 57.6 Å². The Hall–Kier alpha value is -3.34. The summed E-state index contributed by atoms with van der Waals surface area (Å²) in [5, 5.41) is 20.7. The van der Waals surface area contributed by atoms with Gasteiger partial charge in [0.2, 0.25) is 11.9 Å². The van der Waals surface area contributed by atoms with Crippen molar-refractivity contribution < 1.29 is 9.90 Å². The van der Waals surface area contributed by atoms with E-state index in [2.05, 4.69) is 36.7 Å². The molecular formula is C34H43Cl2N7O3. The molecule has 1 aromatic heterocycles. The smallest absolute Gasteiger partial charge is 0.262 e. The third-order valence-corrected chi connectivity index (χ3v) is 11.0. The van der Waals surface area contributed by atoms with Crippen molar-refractivity contribution in [3.05, 3.63) is 62.4 Å². The zero-order valence-electron chi connectivity index (χ0n) is 26.8. The monoisotopic (exact) mass is 667 g/mol. The van der Waals surface area contributed by atoms with Crippen LogP contribution in [0.25, 0.3) is 10.9 Å². The summed E-state index contributed by atoms with van der Waals surface area (Å²) in [7, 11) is 0. The van der Waals surface area contributed by atoms with Crippen molar-refractivity contribution in [1.29, 1.82) is 0 Å². The average Bonchev–Trinajstić information content (AvgIpc) is 3.00. The van der Waals surface area contributed by atoms with E-state index in [9.17, 15) is 14.7 Å². The van der Waals surface area contributed by atoms with Crippen molar-refractivity contribution in [2.24, 2.45) is 28.2 Å². The van der Waals surface area contributed by atoms with E-state index in [1.165, 1.54) is 6.42 Å². The molecular weight excluding hydrogens is 625 g/mol. The number of aliphatic hydroxyl groups excluding tert-OH is 1. The Labute approximate surface area is 279 Å². The number of rotatable bonds is 8. The number of halogens is 2. The number of carbonyl (C=O) groups is 1. The van der Waals surface area contributed by atoms with Gasteiger partial charge in [0.1, 0.15) is 0 Å². The number of aliphatic hydroxyl groups is 1. The number of hydrogen-bond donors (Lipinski definition) is 4. The number of piperazine rings is 1. The van der Waals surface area contributed by atoms with E-state index < -0.39 is 0 Å². The molecule has 12 heteroatoms. The first kappa shape index (κ1) is 32.6. The Morgan fingerprint density at radius 2 is 1.96 bits per heavy atom. The molecule has 2 heterocycles. The highest BCUT2D eigenvalue weighted by Crippen LogP contribution is 2.61. The molecule has 1 unspecified atom stereocenters. The lowest BCUT2D eigenvalue weighted by Crippen LogP contribution is -2.58. The van der Waals surface area contributed by atoms with Crippen LogP contribution in [-0.2, 0) is 17.8 Å². The van der Waals surface area contributed by atoms with Gasteiger partial charge >= 0.3 is 0 Å². The van der Waals surface area contributed by atoms with Gasteiger partial charge in [0.15, 0.2) is 5.96 Å². The highest BCUT2D eigenvalue weighted by Gasteiger charge is 2.56. The van der Waals surface area contributed by atoms with Crippen LogP contribution in [0.1, 0.15) is 46.1 Å². The van der Waals surface area contributed by atoms with E-state index in [-0.39, 0.29) is 43.2 Å². The standard InChI is InChI=1S/C34H43Cl2N7O3/c1-19-17-42(18-30(45)38-19)33(40-28-14-22-13-26(20(28)2)34(22,3)4)39-24-7-8-25-29(16-24)41-32(37-10-12-44)43(31(25)46)11-9-21-5-6-23(35)15-27(21)36/h5-8,15-16,19-20,22,26,28,44H,9-14,17-18H2,1-4H3,(H,37,41)(H,38,45)(H,39,40)/t19-,20-,22-,26+,28?/m0/s1. The molecule has 2 bridgehead atoms. The molecule has 0 spiro atoms. The first-order valence-electron chi connectivity index (χ1n) is 16.2. The molecule has 4 aliphatic rings. The largest absolute Gasteiger partial charge is 0.395 e. The predicted octanol–water partition coefficient (Wildman–Crippen LogP) is 5.01. The number of aryl methyl sites for hydroxylation is 1. The first-order valence-corrected chi connectivity index (χ1v) is 16.9. The number of anilines is 2. The fraction of sp³-hybridized carbons (Fsp3) is 0.529. The van der Waals surface area contributed by atoms with Gasteiger partial charge in [-0.05, 0) is 85.3 Å². The second-order valence-corrected chi connectivity index (χ2v) is 14.6. The summed E-state index contributed by atoms with van der Waals surface area (Å²) < 4.78 is 1.58. The summed E-state index contributed by atoms with van der Waals surface area (Å²) in [5.41, 5.74) is 2.25. The van der Waals surface area contributed by atoms with Crippen molar-refractivity contribution in [3.63, 3.8) is 0 Å². The van der Waals surface area contributed by atoms with E-state index in [0.29, 0.717) is 75.5 Å². The number of amides is 1. The Morgan fingerprint density at radius 3 is 2.65 bits per heavy atom. The van der Waals surface area contributed by atoms with Gasteiger partial charge in [-0.25, -0.2) is 9.98 Å². The number of benzene rings is 2. The number of guanidine groups is 1. The lowest BCUT2D eigenvalue weighted by molar-refractivity contribution is -0.124. The number of aliphatic imine (C=N–C) groups is 1. The first-order chi connectivity index (χ1) is 21.9. The highest BCUT2D eigenvalue weighted by atomic mass is 35.5. The van der Waals surface area contributed by atoms with Gasteiger partial charge in [0, 0.05) is 41.4 Å². The van der Waals surface area contributed by atoms with Crippen LogP contribution in [0.2, 0.25) is 10.0 Å². The quantitative estimate of drug-likeness (QED) is 0.197. The second kappa shape index (κ2) is 13.0. The number of nitrogens with one attached hydrogen (secondary N) is 3. The lowest BCUT2D eigenvalue weighted by atomic mass is 9.45. The normalized spacial score (nSPS) is 25.6. The molecule has 7 rings (SSSR count). The molecule has 46 heavy (non-hydrogen) atoms. The Balaban J connectivity index is 1.31. The molecule has 3 saturated carbocycles. The van der Waals surface area contributed by atoms with Crippen LogP contribution in [0.5, 0.6) is 0 Å². The molecule has 3 aliphatic carbocycles. The topological polar surface area (TPSA) is 124 Å². The van der Waals surface area contributed by atoms with E-state index in [1.807, 2.05) is 30.0 Å². The molecule has 4 N–H and O–H groups in total. The van der Waals surface area contributed by atoms with Crippen LogP contribution < -0.4 is 21.5 Å². The summed E-state index contributed by atoms with van der Waals surface area (Å²) in [6.07, 6.45) is 2.79. The minimum absolute atomic E-state index is 0.0102. The van der Waals surface area contributed by atoms with Crippen LogP contribution in [-0.4, -0.2) is 69.7 Å². The zero-order valence-corrected chi connectivity index (χ0v) is 28.3. The number of nitrogens with zero attached hydrogens (tertiary/aromatic N) is 4. The van der Waals surface area contributed by atoms with E-state index in [1.54, 1.807) is 22.8 Å². The van der Waals surface area contributed by atoms with Crippen LogP contribution >= 0.6 is 23.2 Å². The summed E-state index contributed by atoms with van der Waals surface area (Å²) in [5.74, 6) is 2.73. The third kappa shape index (κ3) is 6.44. The summed E-state index contributed by atoms with van der Waals surface area (Å²) in [6, 6.07) is 10.9. The number of hydrogen-bond acceptors (Lipinski definition) is 6. The van der Waals surface area contributed by atoms with Crippen LogP contribution in [0.15, 0.2) is 46.2 Å². The molecule has 3 aromatic rings. The van der Waals surface area contributed by atoms with Crippen LogP contribution in [0.4, 0.5) is 11.6 Å². The minimum Gasteiger partial charge on any atom is -0.395 e. The van der Waals surface area contributed by atoms with Gasteiger partial charge in [-0.2, -0.15) is 0 Å². The maximum Gasteiger partial charge on any atom is 0.262 e. The predicted molar refractivity (Wildman–Crippen MR) is 185 cm³/mol. The van der Waals surface area contributed by atoms with Crippen LogP contribution in [0, 0.1) is 23.2 Å². The molecule has 10 nitrogen and oxygen atoms in total. The second-order valence-electron chi connectivity index (χ2n) is 13.7.